The summed E-state index contributed by atoms with van der Waals surface area (Å²) in [7, 11) is 1.58. The number of carbonyl (C=O) groups is 2. The van der Waals surface area contributed by atoms with Crippen molar-refractivity contribution in [2.24, 2.45) is 5.92 Å². The van der Waals surface area contributed by atoms with E-state index in [9.17, 15) is 14.7 Å². The largest absolute Gasteiger partial charge is 0.507 e. The predicted molar refractivity (Wildman–Crippen MR) is 124 cm³/mol. The zero-order valence-electron chi connectivity index (χ0n) is 19.3. The number of nitrogens with zero attached hydrogens (tertiary/aromatic N) is 1. The third-order valence-corrected chi connectivity index (χ3v) is 5.43. The molecule has 1 unspecified atom stereocenters. The first-order valence-electron chi connectivity index (χ1n) is 10.9. The van der Waals surface area contributed by atoms with Gasteiger partial charge < -0.3 is 19.5 Å². The van der Waals surface area contributed by atoms with Gasteiger partial charge >= 0.3 is 0 Å². The van der Waals surface area contributed by atoms with Crippen LogP contribution in [-0.4, -0.2) is 42.0 Å². The van der Waals surface area contributed by atoms with Crippen molar-refractivity contribution in [2.75, 3.05) is 20.3 Å². The predicted octanol–water partition coefficient (Wildman–Crippen LogP) is 4.87. The first-order valence-corrected chi connectivity index (χ1v) is 10.9. The molecule has 1 saturated heterocycles. The van der Waals surface area contributed by atoms with Gasteiger partial charge in [0.2, 0.25) is 0 Å². The number of benzene rings is 2. The van der Waals surface area contributed by atoms with Crippen molar-refractivity contribution in [3.8, 4) is 11.5 Å². The number of Topliss-reactive ketones (excluding diaryl/α,β-unsaturated/α-hetero) is 1. The second-order valence-corrected chi connectivity index (χ2v) is 8.45. The Hall–Kier alpha value is -3.28. The van der Waals surface area contributed by atoms with E-state index in [1.165, 1.54) is 4.90 Å². The van der Waals surface area contributed by atoms with E-state index in [0.717, 1.165) is 11.1 Å². The van der Waals surface area contributed by atoms with Crippen LogP contribution >= 0.6 is 0 Å². The van der Waals surface area contributed by atoms with Crippen LogP contribution in [0, 0.1) is 12.8 Å². The molecule has 1 aliphatic rings. The van der Waals surface area contributed by atoms with Gasteiger partial charge in [-0.05, 0) is 60.7 Å². The molecule has 6 heteroatoms. The molecule has 1 heterocycles. The molecule has 3 rings (SSSR count). The van der Waals surface area contributed by atoms with Gasteiger partial charge in [-0.2, -0.15) is 0 Å². The highest BCUT2D eigenvalue weighted by atomic mass is 16.5. The summed E-state index contributed by atoms with van der Waals surface area (Å²) in [5, 5.41) is 11.2. The summed E-state index contributed by atoms with van der Waals surface area (Å²) in [5.74, 6) is 0.243. The van der Waals surface area contributed by atoms with Crippen LogP contribution in [0.3, 0.4) is 0 Å². The van der Waals surface area contributed by atoms with E-state index in [4.69, 9.17) is 9.47 Å². The van der Waals surface area contributed by atoms with Gasteiger partial charge in [-0.3, -0.25) is 9.59 Å². The first kappa shape index (κ1) is 23.4. The molecule has 0 aromatic heterocycles. The van der Waals surface area contributed by atoms with E-state index in [1.54, 1.807) is 25.3 Å². The fraction of sp³-hybridized carbons (Fsp3) is 0.385. The first-order chi connectivity index (χ1) is 15.3. The molecule has 0 bridgehead atoms. The molecule has 1 atom stereocenters. The number of amides is 1. The highest BCUT2D eigenvalue weighted by molar-refractivity contribution is 6.46. The average Bonchev–Trinajstić information content (AvgIpc) is 3.02. The number of aliphatic hydroxyl groups is 1. The number of aliphatic hydroxyl groups excluding tert-OH is 1. The van der Waals surface area contributed by atoms with E-state index in [2.05, 4.69) is 13.8 Å². The number of hydrogen-bond acceptors (Lipinski definition) is 5. The lowest BCUT2D eigenvalue weighted by atomic mass is 9.94. The van der Waals surface area contributed by atoms with Gasteiger partial charge in [-0.1, -0.05) is 32.9 Å². The average molecular weight is 438 g/mol. The van der Waals surface area contributed by atoms with Crippen LogP contribution in [0.2, 0.25) is 0 Å². The molecule has 0 spiro atoms. The Morgan fingerprint density at radius 3 is 2.53 bits per heavy atom. The Morgan fingerprint density at radius 2 is 1.91 bits per heavy atom. The maximum atomic E-state index is 13.0. The van der Waals surface area contributed by atoms with E-state index in [0.29, 0.717) is 42.6 Å². The molecule has 2 aromatic rings. The zero-order valence-corrected chi connectivity index (χ0v) is 19.3. The molecule has 2 aromatic carbocycles. The van der Waals surface area contributed by atoms with Crippen LogP contribution in [0.5, 0.6) is 11.5 Å². The van der Waals surface area contributed by atoms with Crippen LogP contribution < -0.4 is 9.47 Å². The number of aryl methyl sites for hydroxylation is 1. The fourth-order valence-electron chi connectivity index (χ4n) is 3.92. The maximum absolute atomic E-state index is 13.0. The number of ketones is 1. The van der Waals surface area contributed by atoms with E-state index < -0.39 is 17.7 Å². The third kappa shape index (κ3) is 4.64. The topological polar surface area (TPSA) is 76.1 Å². The molecule has 170 valence electrons. The fourth-order valence-corrected chi connectivity index (χ4v) is 3.92. The van der Waals surface area contributed by atoms with Gasteiger partial charge in [-0.15, -0.1) is 0 Å². The quantitative estimate of drug-likeness (QED) is 0.362. The maximum Gasteiger partial charge on any atom is 0.295 e. The van der Waals surface area contributed by atoms with E-state index >= 15 is 0 Å². The number of likely N-dealkylation sites (tertiary alicyclic amines) is 1. The normalized spacial score (nSPS) is 17.8. The minimum absolute atomic E-state index is 0.0917. The number of methoxy groups -OCH3 is 1. The van der Waals surface area contributed by atoms with Crippen molar-refractivity contribution in [3.05, 3.63) is 64.7 Å². The Morgan fingerprint density at radius 1 is 1.16 bits per heavy atom. The van der Waals surface area contributed by atoms with Crippen molar-refractivity contribution in [1.82, 2.24) is 4.90 Å². The molecule has 1 amide bonds. The van der Waals surface area contributed by atoms with Crippen molar-refractivity contribution < 1.29 is 24.2 Å². The highest BCUT2D eigenvalue weighted by Gasteiger charge is 2.45. The Bertz CT molecular complexity index is 1040. The van der Waals surface area contributed by atoms with Gasteiger partial charge in [0.05, 0.1) is 25.3 Å². The Labute approximate surface area is 189 Å². The van der Waals surface area contributed by atoms with Gasteiger partial charge in [-0.25, -0.2) is 0 Å². The number of carbonyl (C=O) groups excluding carboxylic acids is 2. The molecule has 1 fully saturated rings. The minimum atomic E-state index is -0.681. The SMILES string of the molecule is CCCN1C(=O)C(=O)/C(=C(/O)c2ccc(OC)c(C)c2)C1c1cccc(OCC(C)C)c1. The number of hydrogen-bond donors (Lipinski definition) is 1. The van der Waals surface area contributed by atoms with Crippen molar-refractivity contribution in [1.29, 1.82) is 0 Å². The number of rotatable bonds is 8. The third-order valence-electron chi connectivity index (χ3n) is 5.43. The zero-order chi connectivity index (χ0) is 23.4. The molecule has 6 nitrogen and oxygen atoms in total. The second kappa shape index (κ2) is 9.90. The smallest absolute Gasteiger partial charge is 0.295 e. The molecule has 32 heavy (non-hydrogen) atoms. The van der Waals surface area contributed by atoms with Crippen LogP contribution in [-0.2, 0) is 9.59 Å². The summed E-state index contributed by atoms with van der Waals surface area (Å²) in [6.07, 6.45) is 0.689. The molecule has 0 aliphatic carbocycles. The summed E-state index contributed by atoms with van der Waals surface area (Å²) in [6.45, 7) is 8.91. The van der Waals surface area contributed by atoms with Crippen LogP contribution in [0.1, 0.15) is 49.9 Å². The summed E-state index contributed by atoms with van der Waals surface area (Å²) in [4.78, 5) is 27.4. The monoisotopic (exact) mass is 437 g/mol. The lowest BCUT2D eigenvalue weighted by molar-refractivity contribution is -0.139. The van der Waals surface area contributed by atoms with Crippen molar-refractivity contribution in [2.45, 2.75) is 40.2 Å². The van der Waals surface area contributed by atoms with Crippen molar-refractivity contribution in [3.63, 3.8) is 0 Å². The van der Waals surface area contributed by atoms with Gasteiger partial charge in [0.15, 0.2) is 0 Å². The second-order valence-electron chi connectivity index (χ2n) is 8.45. The van der Waals surface area contributed by atoms with Crippen LogP contribution in [0.4, 0.5) is 0 Å². The number of ether oxygens (including phenoxy) is 2. The standard InChI is InChI=1S/C26H31NO5/c1-6-12-27-23(18-8-7-9-20(14-18)32-15-16(2)3)22(25(29)26(27)30)24(28)19-10-11-21(31-5)17(4)13-19/h7-11,13-14,16,23,28H,6,12,15H2,1-5H3/b24-22+. The summed E-state index contributed by atoms with van der Waals surface area (Å²) in [5.41, 5.74) is 2.11. The van der Waals surface area contributed by atoms with E-state index in [1.807, 2.05) is 38.1 Å². The Balaban J connectivity index is 2.12. The molecule has 0 saturated carbocycles. The highest BCUT2D eigenvalue weighted by Crippen LogP contribution is 2.40. The minimum Gasteiger partial charge on any atom is -0.507 e. The van der Waals surface area contributed by atoms with E-state index in [-0.39, 0.29) is 11.3 Å². The van der Waals surface area contributed by atoms with Crippen molar-refractivity contribution >= 4 is 17.4 Å². The van der Waals surface area contributed by atoms with Crippen LogP contribution in [0.15, 0.2) is 48.0 Å². The molecular formula is C26H31NO5. The lowest BCUT2D eigenvalue weighted by Gasteiger charge is -2.25. The summed E-state index contributed by atoms with van der Waals surface area (Å²) < 4.78 is 11.2. The molecular weight excluding hydrogens is 406 g/mol. The molecule has 1 aliphatic heterocycles. The lowest BCUT2D eigenvalue weighted by Crippen LogP contribution is -2.30. The molecule has 0 radical (unpaired) electrons. The van der Waals surface area contributed by atoms with Gasteiger partial charge in [0.25, 0.3) is 11.7 Å². The van der Waals surface area contributed by atoms with Gasteiger partial charge in [0, 0.05) is 12.1 Å². The summed E-state index contributed by atoms with van der Waals surface area (Å²) >= 11 is 0. The molecule has 1 N–H and O–H groups in total. The van der Waals surface area contributed by atoms with Crippen LogP contribution in [0.25, 0.3) is 5.76 Å². The Kier molecular flexibility index (Phi) is 7.23. The summed E-state index contributed by atoms with van der Waals surface area (Å²) in [6, 6.07) is 11.9. The van der Waals surface area contributed by atoms with Gasteiger partial charge in [0.1, 0.15) is 17.3 Å².